The van der Waals surface area contributed by atoms with E-state index in [9.17, 15) is 4.79 Å². The molecule has 1 aromatic carbocycles. The predicted octanol–water partition coefficient (Wildman–Crippen LogP) is 6.92. The van der Waals surface area contributed by atoms with E-state index in [0.29, 0.717) is 41.8 Å². The first-order valence-electron chi connectivity index (χ1n) is 15.7. The first kappa shape index (κ1) is 40.4. The first-order chi connectivity index (χ1) is 21.5. The molecule has 244 valence electrons. The zero-order chi connectivity index (χ0) is 33.4. The lowest BCUT2D eigenvalue weighted by molar-refractivity contribution is -0.118. The summed E-state index contributed by atoms with van der Waals surface area (Å²) in [5.74, 6) is 1.86. The van der Waals surface area contributed by atoms with Gasteiger partial charge in [-0.2, -0.15) is 0 Å². The van der Waals surface area contributed by atoms with Gasteiger partial charge in [0.15, 0.2) is 0 Å². The van der Waals surface area contributed by atoms with Crippen LogP contribution in [0.25, 0.3) is 22.4 Å². The molecule has 3 aromatic rings. The van der Waals surface area contributed by atoms with Gasteiger partial charge in [0.25, 0.3) is 5.89 Å². The minimum atomic E-state index is 0.342. The third kappa shape index (κ3) is 13.8. The van der Waals surface area contributed by atoms with Crippen molar-refractivity contribution in [1.82, 2.24) is 20.1 Å². The standard InChI is InChI=1S/C21H25N3O3.C8H15N.C2H6.C2H2.CH5N.CH2O/c1-3-16(25)11-6-4-5-7-13-19-23-24-21(27-19)17-14-15-10-8-9-12-18(15)22-20(17)26-2;1-9-6-4-8(2-3-8)5-7-9;4*1-2/h8-10,12,14H,3-7,11,13H2,1-2H3;2-7H2,1H3;1-2H3;1-2H;2H2,1H3;1H2. The number of methoxy groups -OCH3 is 1. The van der Waals surface area contributed by atoms with Gasteiger partial charge in [0.1, 0.15) is 18.1 Å². The van der Waals surface area contributed by atoms with Crippen molar-refractivity contribution < 1.29 is 18.7 Å². The maximum absolute atomic E-state index is 11.3. The van der Waals surface area contributed by atoms with Gasteiger partial charge in [-0.05, 0) is 83.3 Å². The molecule has 9 heteroatoms. The van der Waals surface area contributed by atoms with E-state index in [1.54, 1.807) is 7.11 Å². The first-order valence-corrected chi connectivity index (χ1v) is 15.7. The van der Waals surface area contributed by atoms with E-state index in [1.165, 1.54) is 45.8 Å². The van der Waals surface area contributed by atoms with Crippen LogP contribution in [0.2, 0.25) is 0 Å². The summed E-state index contributed by atoms with van der Waals surface area (Å²) in [5, 5.41) is 9.32. The Kier molecular flexibility index (Phi) is 21.8. The van der Waals surface area contributed by atoms with Gasteiger partial charge in [0, 0.05) is 24.6 Å². The quantitative estimate of drug-likeness (QED) is 0.192. The number of aromatic nitrogens is 3. The molecule has 2 fully saturated rings. The number of pyridine rings is 1. The van der Waals surface area contributed by atoms with Gasteiger partial charge in [-0.25, -0.2) is 4.98 Å². The topological polar surface area (TPSA) is 124 Å². The molecule has 0 radical (unpaired) electrons. The summed E-state index contributed by atoms with van der Waals surface area (Å²) in [5.41, 5.74) is 6.93. The maximum atomic E-state index is 11.3. The second-order valence-corrected chi connectivity index (χ2v) is 10.3. The smallest absolute Gasteiger partial charge is 0.253 e. The normalized spacial score (nSPS) is 13.9. The van der Waals surface area contributed by atoms with E-state index in [0.717, 1.165) is 48.4 Å². The van der Waals surface area contributed by atoms with Gasteiger partial charge in [-0.3, -0.25) is 4.79 Å². The predicted molar refractivity (Wildman–Crippen MR) is 181 cm³/mol. The minimum absolute atomic E-state index is 0.342. The fourth-order valence-electron chi connectivity index (χ4n) is 4.77. The number of terminal acetylenes is 1. The number of likely N-dealkylation sites (tertiary alicyclic amines) is 1. The SMILES string of the molecule is C#C.C=O.CC.CCC(=O)CCCCCCc1nnc(-c2cc3ccccc3nc2OC)o1.CN.CN1CCC2(CC1)CC2. The average molecular weight is 610 g/mol. The fourth-order valence-corrected chi connectivity index (χ4v) is 4.77. The molecular weight excluding hydrogens is 554 g/mol. The molecule has 0 unspecified atom stereocenters. The highest BCUT2D eigenvalue weighted by Gasteiger charge is 2.43. The number of hydrogen-bond donors (Lipinski definition) is 1. The highest BCUT2D eigenvalue weighted by Crippen LogP contribution is 2.53. The number of nitrogens with two attached hydrogens (primary N) is 1. The molecule has 44 heavy (non-hydrogen) atoms. The lowest BCUT2D eigenvalue weighted by atomic mass is 9.94. The van der Waals surface area contributed by atoms with Crippen LogP contribution in [0.15, 0.2) is 34.7 Å². The number of unbranched alkanes of at least 4 members (excludes halogenated alkanes) is 3. The second kappa shape index (κ2) is 23.8. The molecule has 0 amide bonds. The highest BCUT2D eigenvalue weighted by atomic mass is 16.5. The zero-order valence-electron chi connectivity index (χ0n) is 27.9. The van der Waals surface area contributed by atoms with E-state index in [-0.39, 0.29) is 0 Å². The summed E-state index contributed by atoms with van der Waals surface area (Å²) in [6, 6.07) is 9.80. The Hall–Kier alpha value is -3.61. The van der Waals surface area contributed by atoms with Crippen LogP contribution >= 0.6 is 0 Å². The molecule has 1 saturated heterocycles. The molecule has 1 aliphatic heterocycles. The third-order valence-corrected chi connectivity index (χ3v) is 7.58. The summed E-state index contributed by atoms with van der Waals surface area (Å²) in [6.45, 7) is 10.6. The Bertz CT molecular complexity index is 1200. The van der Waals surface area contributed by atoms with E-state index in [2.05, 4.69) is 45.7 Å². The Balaban J connectivity index is 0.000000897. The van der Waals surface area contributed by atoms with Crippen molar-refractivity contribution in [3.63, 3.8) is 0 Å². The van der Waals surface area contributed by atoms with E-state index in [1.807, 2.05) is 57.9 Å². The monoisotopic (exact) mass is 609 g/mol. The number of Topliss-reactive ketones (excluding diaryl/α,β-unsaturated/α-hetero) is 1. The summed E-state index contributed by atoms with van der Waals surface area (Å²) in [4.78, 5) is 26.3. The summed E-state index contributed by atoms with van der Waals surface area (Å²) in [7, 11) is 5.32. The molecule has 2 aromatic heterocycles. The molecule has 0 atom stereocenters. The number of para-hydroxylation sites is 1. The number of carbonyl (C=O) groups excluding carboxylic acids is 2. The number of nitrogens with zero attached hydrogens (tertiary/aromatic N) is 4. The van der Waals surface area contributed by atoms with Crippen LogP contribution in [0.3, 0.4) is 0 Å². The van der Waals surface area contributed by atoms with Gasteiger partial charge in [0.05, 0.1) is 12.6 Å². The number of rotatable bonds is 10. The third-order valence-electron chi connectivity index (χ3n) is 7.58. The maximum Gasteiger partial charge on any atom is 0.253 e. The summed E-state index contributed by atoms with van der Waals surface area (Å²) < 4.78 is 11.2. The van der Waals surface area contributed by atoms with E-state index < -0.39 is 0 Å². The molecule has 9 nitrogen and oxygen atoms in total. The zero-order valence-corrected chi connectivity index (χ0v) is 27.9. The molecule has 2 aliphatic rings. The molecule has 1 saturated carbocycles. The van der Waals surface area contributed by atoms with Crippen molar-refractivity contribution in [2.24, 2.45) is 11.1 Å². The number of fused-ring (bicyclic) bond motifs is 1. The van der Waals surface area contributed by atoms with Gasteiger partial charge in [0.2, 0.25) is 11.8 Å². The fraction of sp³-hybridized carbons (Fsp3) is 0.571. The number of aryl methyl sites for hydroxylation is 1. The van der Waals surface area contributed by atoms with Crippen LogP contribution in [-0.4, -0.2) is 66.9 Å². The summed E-state index contributed by atoms with van der Waals surface area (Å²) in [6.07, 6.45) is 20.1. The lowest BCUT2D eigenvalue weighted by Gasteiger charge is -2.28. The molecule has 0 bridgehead atoms. The van der Waals surface area contributed by atoms with Gasteiger partial charge in [-0.15, -0.1) is 23.0 Å². The second-order valence-electron chi connectivity index (χ2n) is 10.3. The van der Waals surface area contributed by atoms with Gasteiger partial charge in [-0.1, -0.05) is 51.8 Å². The van der Waals surface area contributed by atoms with Gasteiger partial charge < -0.3 is 24.6 Å². The number of piperidine rings is 1. The van der Waals surface area contributed by atoms with Crippen LogP contribution in [0.1, 0.15) is 90.9 Å². The van der Waals surface area contributed by atoms with Crippen LogP contribution in [0, 0.1) is 18.3 Å². The Morgan fingerprint density at radius 3 is 2.23 bits per heavy atom. The molecule has 1 spiro atoms. The highest BCUT2D eigenvalue weighted by molar-refractivity contribution is 5.84. The van der Waals surface area contributed by atoms with Crippen molar-refractivity contribution >= 4 is 23.5 Å². The number of ether oxygens (including phenoxy) is 1. The number of benzene rings is 1. The molecule has 5 rings (SSSR count). The van der Waals surface area contributed by atoms with E-state index >= 15 is 0 Å². The van der Waals surface area contributed by atoms with Crippen LogP contribution in [0.5, 0.6) is 5.88 Å². The molecule has 2 N–H and O–H groups in total. The van der Waals surface area contributed by atoms with Crippen LogP contribution < -0.4 is 10.5 Å². The van der Waals surface area contributed by atoms with Gasteiger partial charge >= 0.3 is 0 Å². The Morgan fingerprint density at radius 1 is 1.02 bits per heavy atom. The van der Waals surface area contributed by atoms with Crippen LogP contribution in [0.4, 0.5) is 0 Å². The lowest BCUT2D eigenvalue weighted by Crippen LogP contribution is -2.30. The van der Waals surface area contributed by atoms with Crippen molar-refractivity contribution in [3.05, 3.63) is 36.2 Å². The molecule has 3 heterocycles. The number of carbonyl (C=O) groups is 2. The average Bonchev–Trinajstić information content (AvgIpc) is 3.70. The molecular formula is C35H55N5O4. The van der Waals surface area contributed by atoms with Crippen molar-refractivity contribution in [2.45, 2.75) is 91.4 Å². The minimum Gasteiger partial charge on any atom is -0.480 e. The van der Waals surface area contributed by atoms with Crippen molar-refractivity contribution in [2.75, 3.05) is 34.3 Å². The molecule has 1 aliphatic carbocycles. The number of hydrogen-bond acceptors (Lipinski definition) is 9. The Labute approximate surface area is 265 Å². The number of ketones is 1. The summed E-state index contributed by atoms with van der Waals surface area (Å²) >= 11 is 0. The van der Waals surface area contributed by atoms with Crippen molar-refractivity contribution in [3.8, 4) is 30.2 Å². The largest absolute Gasteiger partial charge is 0.480 e. The Morgan fingerprint density at radius 2 is 1.64 bits per heavy atom. The van der Waals surface area contributed by atoms with Crippen LogP contribution in [-0.2, 0) is 16.0 Å². The van der Waals surface area contributed by atoms with Crippen molar-refractivity contribution in [1.29, 1.82) is 0 Å². The van der Waals surface area contributed by atoms with E-state index in [4.69, 9.17) is 13.9 Å².